The lowest BCUT2D eigenvalue weighted by Crippen LogP contribution is -2.42. The lowest BCUT2D eigenvalue weighted by atomic mass is 9.84. The molecule has 4 nitrogen and oxygen atoms in total. The Morgan fingerprint density at radius 1 is 1.38 bits per heavy atom. The largest absolute Gasteiger partial charge is 0.480 e. The zero-order valence-corrected chi connectivity index (χ0v) is 12.2. The molecule has 3 unspecified atom stereocenters. The van der Waals surface area contributed by atoms with E-state index in [1.54, 1.807) is 6.07 Å². The van der Waals surface area contributed by atoms with Gasteiger partial charge in [-0.15, -0.1) is 0 Å². The first kappa shape index (κ1) is 13.9. The molecular formula is C17H20N2O2. The summed E-state index contributed by atoms with van der Waals surface area (Å²) in [7, 11) is 0. The standard InChI is InChI=1S/C17H20N2O2/c1-11-6-7-13(10-18)15(8-11)19-14-5-3-2-4-12(14)9-16(19)17(20)21/h6-8,12,14,16H,2-5,9H2,1H3,(H,20,21). The van der Waals surface area contributed by atoms with Crippen LogP contribution in [0.3, 0.4) is 0 Å². The van der Waals surface area contributed by atoms with Gasteiger partial charge in [0.25, 0.3) is 0 Å². The maximum absolute atomic E-state index is 11.7. The molecular weight excluding hydrogens is 264 g/mol. The fourth-order valence-corrected chi connectivity index (χ4v) is 3.98. The smallest absolute Gasteiger partial charge is 0.326 e. The Labute approximate surface area is 125 Å². The normalized spacial score (nSPS) is 28.0. The summed E-state index contributed by atoms with van der Waals surface area (Å²) in [5, 5.41) is 19.0. The van der Waals surface area contributed by atoms with Crippen LogP contribution in [0.25, 0.3) is 0 Å². The van der Waals surface area contributed by atoms with Gasteiger partial charge in [0.2, 0.25) is 0 Å². The first-order chi connectivity index (χ1) is 10.1. The predicted octanol–water partition coefficient (Wildman–Crippen LogP) is 3.09. The lowest BCUT2D eigenvalue weighted by molar-refractivity contribution is -0.138. The van der Waals surface area contributed by atoms with Gasteiger partial charge in [-0.05, 0) is 49.8 Å². The van der Waals surface area contributed by atoms with E-state index in [4.69, 9.17) is 0 Å². The van der Waals surface area contributed by atoms with Crippen LogP contribution >= 0.6 is 0 Å². The van der Waals surface area contributed by atoms with Gasteiger partial charge in [-0.25, -0.2) is 4.79 Å². The van der Waals surface area contributed by atoms with E-state index in [2.05, 4.69) is 6.07 Å². The Bertz CT molecular complexity index is 605. The van der Waals surface area contributed by atoms with E-state index in [1.807, 2.05) is 24.0 Å². The molecule has 1 aliphatic heterocycles. The molecule has 4 heteroatoms. The average Bonchev–Trinajstić information content (AvgIpc) is 2.86. The minimum Gasteiger partial charge on any atom is -0.480 e. The molecule has 1 saturated heterocycles. The number of anilines is 1. The number of aryl methyl sites for hydroxylation is 1. The van der Waals surface area contributed by atoms with Gasteiger partial charge < -0.3 is 10.0 Å². The third kappa shape index (κ3) is 2.37. The lowest BCUT2D eigenvalue weighted by Gasteiger charge is -2.35. The van der Waals surface area contributed by atoms with Crippen molar-refractivity contribution in [1.29, 1.82) is 5.26 Å². The minimum absolute atomic E-state index is 0.272. The molecule has 0 bridgehead atoms. The Kier molecular flexibility index (Phi) is 3.59. The maximum atomic E-state index is 11.7. The summed E-state index contributed by atoms with van der Waals surface area (Å²) in [6.07, 6.45) is 5.20. The Balaban J connectivity index is 2.06. The zero-order valence-electron chi connectivity index (χ0n) is 12.2. The van der Waals surface area contributed by atoms with Crippen molar-refractivity contribution in [2.24, 2.45) is 5.92 Å². The second-order valence-corrected chi connectivity index (χ2v) is 6.24. The molecule has 1 heterocycles. The van der Waals surface area contributed by atoms with Crippen LogP contribution < -0.4 is 4.90 Å². The summed E-state index contributed by atoms with van der Waals surface area (Å²) in [4.78, 5) is 13.7. The van der Waals surface area contributed by atoms with Gasteiger partial charge in [0, 0.05) is 6.04 Å². The van der Waals surface area contributed by atoms with Crippen LogP contribution in [0.15, 0.2) is 18.2 Å². The first-order valence-electron chi connectivity index (χ1n) is 7.63. The molecule has 2 aliphatic rings. The highest BCUT2D eigenvalue weighted by atomic mass is 16.4. The molecule has 110 valence electrons. The van der Waals surface area contributed by atoms with Crippen LogP contribution in [0.2, 0.25) is 0 Å². The second-order valence-electron chi connectivity index (χ2n) is 6.24. The molecule has 1 aromatic rings. The summed E-state index contributed by atoms with van der Waals surface area (Å²) in [5.74, 6) is -0.318. The van der Waals surface area contributed by atoms with Gasteiger partial charge >= 0.3 is 5.97 Å². The molecule has 0 spiro atoms. The maximum Gasteiger partial charge on any atom is 0.326 e. The summed E-state index contributed by atoms with van der Waals surface area (Å²) < 4.78 is 0. The molecule has 2 fully saturated rings. The van der Waals surface area contributed by atoms with Gasteiger partial charge in [-0.2, -0.15) is 5.26 Å². The van der Waals surface area contributed by atoms with Crippen LogP contribution in [-0.2, 0) is 4.79 Å². The van der Waals surface area contributed by atoms with E-state index in [9.17, 15) is 15.2 Å². The average molecular weight is 284 g/mol. The van der Waals surface area contributed by atoms with Crippen LogP contribution in [0.1, 0.15) is 43.2 Å². The van der Waals surface area contributed by atoms with Crippen LogP contribution in [-0.4, -0.2) is 23.2 Å². The molecule has 3 rings (SSSR count). The van der Waals surface area contributed by atoms with Crippen molar-refractivity contribution >= 4 is 11.7 Å². The number of rotatable bonds is 2. The number of carboxylic acids is 1. The number of fused-ring (bicyclic) bond motifs is 1. The molecule has 1 N–H and O–H groups in total. The number of aliphatic carboxylic acids is 1. The number of hydrogen-bond donors (Lipinski definition) is 1. The first-order valence-corrected chi connectivity index (χ1v) is 7.63. The fourth-order valence-electron chi connectivity index (χ4n) is 3.98. The predicted molar refractivity (Wildman–Crippen MR) is 80.2 cm³/mol. The van der Waals surface area contributed by atoms with Crippen LogP contribution in [0.5, 0.6) is 0 Å². The van der Waals surface area contributed by atoms with E-state index < -0.39 is 12.0 Å². The number of hydrogen-bond acceptors (Lipinski definition) is 3. The highest BCUT2D eigenvalue weighted by molar-refractivity contribution is 5.81. The Morgan fingerprint density at radius 3 is 2.86 bits per heavy atom. The van der Waals surface area contributed by atoms with E-state index >= 15 is 0 Å². The van der Waals surface area contributed by atoms with E-state index in [1.165, 1.54) is 6.42 Å². The van der Waals surface area contributed by atoms with Gasteiger partial charge in [0.1, 0.15) is 12.1 Å². The molecule has 1 saturated carbocycles. The number of carbonyl (C=O) groups is 1. The van der Waals surface area contributed by atoms with Crippen molar-refractivity contribution in [3.8, 4) is 6.07 Å². The monoisotopic (exact) mass is 284 g/mol. The third-order valence-corrected chi connectivity index (χ3v) is 4.92. The quantitative estimate of drug-likeness (QED) is 0.906. The molecule has 1 aliphatic carbocycles. The summed E-state index contributed by atoms with van der Waals surface area (Å²) in [5.41, 5.74) is 2.45. The van der Waals surface area contributed by atoms with Crippen molar-refractivity contribution in [3.63, 3.8) is 0 Å². The SMILES string of the molecule is Cc1ccc(C#N)c(N2C(C(=O)O)CC3CCCCC32)c1. The highest BCUT2D eigenvalue weighted by Crippen LogP contribution is 2.43. The summed E-state index contributed by atoms with van der Waals surface area (Å²) >= 11 is 0. The van der Waals surface area contributed by atoms with E-state index in [0.717, 1.165) is 30.5 Å². The summed E-state index contributed by atoms with van der Waals surface area (Å²) in [6.45, 7) is 1.98. The third-order valence-electron chi connectivity index (χ3n) is 4.92. The van der Waals surface area contributed by atoms with E-state index in [0.29, 0.717) is 17.9 Å². The number of carboxylic acid groups (broad SMARTS) is 1. The highest BCUT2D eigenvalue weighted by Gasteiger charge is 2.45. The fraction of sp³-hybridized carbons (Fsp3) is 0.529. The topological polar surface area (TPSA) is 64.3 Å². The van der Waals surface area contributed by atoms with Gasteiger partial charge in [0.15, 0.2) is 0 Å². The van der Waals surface area contributed by atoms with Crippen LogP contribution in [0.4, 0.5) is 5.69 Å². The second kappa shape index (κ2) is 5.40. The minimum atomic E-state index is -0.769. The molecule has 1 aromatic carbocycles. The van der Waals surface area contributed by atoms with Crippen molar-refractivity contribution < 1.29 is 9.90 Å². The van der Waals surface area contributed by atoms with Gasteiger partial charge in [-0.3, -0.25) is 0 Å². The molecule has 0 radical (unpaired) electrons. The zero-order chi connectivity index (χ0) is 15.0. The number of nitriles is 1. The van der Waals surface area contributed by atoms with Gasteiger partial charge in [0.05, 0.1) is 11.3 Å². The van der Waals surface area contributed by atoms with E-state index in [-0.39, 0.29) is 6.04 Å². The Hall–Kier alpha value is -2.02. The number of nitrogens with zero attached hydrogens (tertiary/aromatic N) is 2. The molecule has 0 amide bonds. The molecule has 0 aromatic heterocycles. The molecule has 21 heavy (non-hydrogen) atoms. The summed E-state index contributed by atoms with van der Waals surface area (Å²) in [6, 6.07) is 7.68. The number of benzene rings is 1. The molecule has 3 atom stereocenters. The van der Waals surface area contributed by atoms with Crippen LogP contribution in [0, 0.1) is 24.2 Å². The van der Waals surface area contributed by atoms with Crippen molar-refractivity contribution in [2.45, 2.75) is 51.1 Å². The van der Waals surface area contributed by atoms with Gasteiger partial charge in [-0.1, -0.05) is 18.9 Å². The van der Waals surface area contributed by atoms with Crippen molar-refractivity contribution in [1.82, 2.24) is 0 Å². The Morgan fingerprint density at radius 2 is 2.14 bits per heavy atom. The van der Waals surface area contributed by atoms with Crippen molar-refractivity contribution in [3.05, 3.63) is 29.3 Å². The van der Waals surface area contributed by atoms with Crippen molar-refractivity contribution in [2.75, 3.05) is 4.90 Å².